The minimum atomic E-state index is -4.96. The van der Waals surface area contributed by atoms with Crippen molar-refractivity contribution >= 4 is 45.7 Å². The summed E-state index contributed by atoms with van der Waals surface area (Å²) in [7, 11) is 0. The molecule has 4 amide bonds. The predicted molar refractivity (Wildman–Crippen MR) is 248 cm³/mol. The summed E-state index contributed by atoms with van der Waals surface area (Å²) in [6.07, 6.45) is -16.0. The van der Waals surface area contributed by atoms with Crippen molar-refractivity contribution in [3.63, 3.8) is 0 Å². The normalized spacial score (nSPS) is 20.6. The third-order valence-electron chi connectivity index (χ3n) is 14.5. The molecule has 444 valence electrons. The Morgan fingerprint density at radius 2 is 0.850 bits per heavy atom. The molecular weight excluding hydrogens is 1120 g/mol. The molecule has 4 unspecified atom stereocenters. The highest BCUT2D eigenvalue weighted by Crippen LogP contribution is 2.47. The Balaban J connectivity index is 0.000000231. The number of hydrogen-bond acceptors (Lipinski definition) is 6. The summed E-state index contributed by atoms with van der Waals surface area (Å²) in [5, 5.41) is 8.35. The Kier molecular flexibility index (Phi) is 17.2. The van der Waals surface area contributed by atoms with Crippen molar-refractivity contribution in [2.75, 3.05) is 13.1 Å². The number of alkyl halides is 16. The van der Waals surface area contributed by atoms with Gasteiger partial charge in [0.25, 0.3) is 23.7 Å². The van der Waals surface area contributed by atoms with Crippen LogP contribution in [0.15, 0.2) is 24.3 Å². The maximum Gasteiger partial charge on any atom is 0.390 e. The summed E-state index contributed by atoms with van der Waals surface area (Å²) in [5.41, 5.74) is -6.88. The van der Waals surface area contributed by atoms with Crippen LogP contribution in [0.3, 0.4) is 0 Å². The first-order valence-corrected chi connectivity index (χ1v) is 25.3. The van der Waals surface area contributed by atoms with Gasteiger partial charge in [0.15, 0.2) is 23.0 Å². The molecule has 80 heavy (non-hydrogen) atoms. The molecule has 4 aliphatic rings. The summed E-state index contributed by atoms with van der Waals surface area (Å²) in [4.78, 5) is 63.5. The summed E-state index contributed by atoms with van der Waals surface area (Å²) >= 11 is 0. The number of hydrogen-bond donors (Lipinski definition) is 6. The molecule has 4 fully saturated rings. The topological polar surface area (TPSA) is 174 Å². The Bertz CT molecular complexity index is 2710. The van der Waals surface area contributed by atoms with Gasteiger partial charge >= 0.3 is 12.4 Å². The molecule has 12 nitrogen and oxygen atoms in total. The van der Waals surface area contributed by atoms with E-state index in [9.17, 15) is 89.4 Å². The van der Waals surface area contributed by atoms with E-state index in [0.717, 1.165) is 24.3 Å². The average molecular weight is 1170 g/mol. The molecule has 0 radical (unpaired) electrons. The second kappa shape index (κ2) is 22.4. The monoisotopic (exact) mass is 1170 g/mol. The van der Waals surface area contributed by atoms with Crippen molar-refractivity contribution in [1.29, 1.82) is 0 Å². The minimum absolute atomic E-state index is 0.0287. The summed E-state index contributed by atoms with van der Waals surface area (Å²) in [6.45, 7) is -1.65. The van der Waals surface area contributed by atoms with E-state index in [1.54, 1.807) is 10.6 Å². The molecular formula is C50H54F18N8O4. The lowest BCUT2D eigenvalue weighted by Gasteiger charge is -2.33. The van der Waals surface area contributed by atoms with Gasteiger partial charge in [0.2, 0.25) is 23.7 Å². The number of nitrogens with one attached hydrogen (secondary N) is 6. The van der Waals surface area contributed by atoms with Crippen LogP contribution in [0.25, 0.3) is 22.1 Å². The number of benzene rings is 2. The van der Waals surface area contributed by atoms with Gasteiger partial charge in [0.05, 0.1) is 60.9 Å². The highest BCUT2D eigenvalue weighted by Gasteiger charge is 2.54. The summed E-state index contributed by atoms with van der Waals surface area (Å²) in [5.74, 6) is -26.2. The zero-order chi connectivity index (χ0) is 59.3. The van der Waals surface area contributed by atoms with Crippen LogP contribution in [0.2, 0.25) is 0 Å². The Morgan fingerprint density at radius 3 is 1.12 bits per heavy atom. The van der Waals surface area contributed by atoms with E-state index in [2.05, 4.69) is 30.6 Å². The van der Waals surface area contributed by atoms with Gasteiger partial charge < -0.3 is 31.2 Å². The number of rotatable bonds is 18. The average Bonchev–Trinajstić information content (AvgIpc) is 4.17. The fourth-order valence-corrected chi connectivity index (χ4v) is 9.69. The first-order chi connectivity index (χ1) is 36.7. The second-order valence-corrected chi connectivity index (χ2v) is 21.5. The lowest BCUT2D eigenvalue weighted by atomic mass is 9.81. The summed E-state index contributed by atoms with van der Waals surface area (Å²) in [6, 6.07) is 1.76. The molecule has 0 aliphatic heterocycles. The number of amides is 4. The molecule has 0 saturated heterocycles. The quantitative estimate of drug-likeness (QED) is 0.0541. The number of aromatic nitrogens is 4. The van der Waals surface area contributed by atoms with Crippen molar-refractivity contribution in [3.8, 4) is 0 Å². The van der Waals surface area contributed by atoms with Crippen molar-refractivity contribution < 1.29 is 98.2 Å². The molecule has 4 aromatic rings. The van der Waals surface area contributed by atoms with E-state index in [1.807, 2.05) is 0 Å². The van der Waals surface area contributed by atoms with E-state index in [0.29, 0.717) is 13.8 Å². The number of fused-ring (bicyclic) bond motifs is 2. The van der Waals surface area contributed by atoms with Gasteiger partial charge in [-0.15, -0.1) is 0 Å². The Labute approximate surface area is 443 Å². The summed E-state index contributed by atoms with van der Waals surface area (Å²) < 4.78 is 248. The number of aromatic amines is 2. The van der Waals surface area contributed by atoms with Crippen LogP contribution in [-0.4, -0.2) is 104 Å². The van der Waals surface area contributed by atoms with Crippen LogP contribution < -0.4 is 21.3 Å². The van der Waals surface area contributed by atoms with Gasteiger partial charge in [-0.2, -0.15) is 26.3 Å². The van der Waals surface area contributed by atoms with Crippen molar-refractivity contribution in [3.05, 3.63) is 58.7 Å². The Hall–Kier alpha value is -6.00. The SMILES string of the molecule is CC(F)(F)CNC(=O)C(CC(F)(F)F)c1ccc2[nH]c(C(NC(=O)C3(F)CC3)C3CCC(F)(F)CC3)nc2c1F.CC(F)(F)CNC(=O)C(CC(F)(F)F)c1ccc2[nH]c(C(NC(=O)C3(F)CC3)C3CCC(F)(F)CC3)nc2c1F. The van der Waals surface area contributed by atoms with Gasteiger partial charge in [-0.05, 0) is 75.3 Å². The van der Waals surface area contributed by atoms with Gasteiger partial charge in [0, 0.05) is 50.7 Å². The molecule has 30 heteroatoms. The second-order valence-electron chi connectivity index (χ2n) is 21.5. The van der Waals surface area contributed by atoms with Gasteiger partial charge in [0.1, 0.15) is 22.7 Å². The van der Waals surface area contributed by atoms with E-state index in [4.69, 9.17) is 0 Å². The van der Waals surface area contributed by atoms with E-state index in [1.165, 1.54) is 0 Å². The molecule has 6 N–H and O–H groups in total. The van der Waals surface area contributed by atoms with Crippen LogP contribution in [0.4, 0.5) is 79.0 Å². The molecule has 0 spiro atoms. The predicted octanol–water partition coefficient (Wildman–Crippen LogP) is 12.0. The fraction of sp³-hybridized carbons (Fsp3) is 0.640. The van der Waals surface area contributed by atoms with Crippen LogP contribution in [0, 0.1) is 23.5 Å². The number of halogens is 18. The van der Waals surface area contributed by atoms with Crippen LogP contribution in [0.5, 0.6) is 0 Å². The maximum atomic E-state index is 15.6. The van der Waals surface area contributed by atoms with Gasteiger partial charge in [-0.3, -0.25) is 19.2 Å². The molecule has 4 atom stereocenters. The maximum absolute atomic E-state index is 15.6. The molecule has 4 saturated carbocycles. The number of nitrogens with zero attached hydrogens (tertiary/aromatic N) is 2. The molecule has 2 heterocycles. The fourth-order valence-electron chi connectivity index (χ4n) is 9.69. The number of carbonyl (C=O) groups is 4. The lowest BCUT2D eigenvalue weighted by molar-refractivity contribution is -0.148. The van der Waals surface area contributed by atoms with Crippen molar-refractivity contribution in [2.45, 2.75) is 175 Å². The van der Waals surface area contributed by atoms with Crippen LogP contribution in [0.1, 0.15) is 150 Å². The number of imidazole rings is 2. The largest absolute Gasteiger partial charge is 0.390 e. The zero-order valence-corrected chi connectivity index (χ0v) is 42.4. The van der Waals surface area contributed by atoms with Crippen LogP contribution in [-0.2, 0) is 19.2 Å². The Morgan fingerprint density at radius 1 is 0.537 bits per heavy atom. The first kappa shape index (κ1) is 61.6. The molecule has 2 aromatic heterocycles. The van der Waals surface area contributed by atoms with E-state index >= 15 is 8.78 Å². The zero-order valence-electron chi connectivity index (χ0n) is 42.4. The standard InChI is InChI=1S/2C25H27F9N4O2/c2*1-22(27,28)11-35-20(39)14(10-25(32,33)34)13-2-3-15-18(16(13)26)37-19(36-15)17(38-21(40)23(29)8-9-23)12-4-6-24(30,31)7-5-12/h2*2-3,12,14,17H,4-11H2,1H3,(H,35,39)(H,36,37)(H,38,40). The highest BCUT2D eigenvalue weighted by atomic mass is 19.4. The van der Waals surface area contributed by atoms with Crippen molar-refractivity contribution in [1.82, 2.24) is 41.2 Å². The lowest BCUT2D eigenvalue weighted by Crippen LogP contribution is -2.41. The highest BCUT2D eigenvalue weighted by molar-refractivity contribution is 5.90. The van der Waals surface area contributed by atoms with Crippen LogP contribution >= 0.6 is 0 Å². The third kappa shape index (κ3) is 15.7. The number of H-pyrrole nitrogens is 2. The number of carbonyl (C=O) groups excluding carboxylic acids is 4. The van der Waals surface area contributed by atoms with E-state index in [-0.39, 0.29) is 74.0 Å². The molecule has 4 aliphatic carbocycles. The smallest absolute Gasteiger partial charge is 0.350 e. The third-order valence-corrected chi connectivity index (χ3v) is 14.5. The molecule has 0 bridgehead atoms. The minimum Gasteiger partial charge on any atom is -0.350 e. The van der Waals surface area contributed by atoms with Gasteiger partial charge in [-0.1, -0.05) is 12.1 Å². The first-order valence-electron chi connectivity index (χ1n) is 25.3. The van der Waals surface area contributed by atoms with Crippen molar-refractivity contribution in [2.24, 2.45) is 11.8 Å². The van der Waals surface area contributed by atoms with Gasteiger partial charge in [-0.25, -0.2) is 62.7 Å². The van der Waals surface area contributed by atoms with E-state index < -0.39 is 192 Å². The molecule has 2 aromatic carbocycles. The molecule has 8 rings (SSSR count).